The first-order valence-corrected chi connectivity index (χ1v) is 5.07. The molecular weight excluding hydrogens is 172 g/mol. The Hall–Kier alpha value is -1.18. The van der Waals surface area contributed by atoms with E-state index in [0.717, 1.165) is 5.69 Å². The molecule has 0 saturated carbocycles. The number of rotatable bonds is 0. The van der Waals surface area contributed by atoms with E-state index in [-0.39, 0.29) is 5.41 Å². The van der Waals surface area contributed by atoms with E-state index in [1.165, 1.54) is 11.3 Å². The normalized spacial score (nSPS) is 23.7. The molecule has 0 aromatic heterocycles. The molecule has 1 atom stereocenters. The Morgan fingerprint density at radius 2 is 2.00 bits per heavy atom. The second kappa shape index (κ2) is 2.66. The van der Waals surface area contributed by atoms with Crippen molar-refractivity contribution in [1.82, 2.24) is 0 Å². The van der Waals surface area contributed by atoms with E-state index < -0.39 is 0 Å². The average molecular weight is 190 g/mol. The van der Waals surface area contributed by atoms with Gasteiger partial charge in [0, 0.05) is 29.9 Å². The Morgan fingerprint density at radius 3 is 2.64 bits per heavy atom. The molecule has 0 aliphatic carbocycles. The van der Waals surface area contributed by atoms with Crippen LogP contribution in [-0.2, 0) is 5.41 Å². The molecule has 1 heterocycles. The SMILES string of the molecule is CC1N(C)c2cc(N)ccc2C1(C)C. The van der Waals surface area contributed by atoms with E-state index in [4.69, 9.17) is 5.73 Å². The molecule has 76 valence electrons. The maximum absolute atomic E-state index is 5.80. The summed E-state index contributed by atoms with van der Waals surface area (Å²) < 4.78 is 0. The maximum atomic E-state index is 5.80. The van der Waals surface area contributed by atoms with Crippen molar-refractivity contribution in [2.45, 2.75) is 32.2 Å². The molecule has 1 aromatic carbocycles. The number of hydrogen-bond acceptors (Lipinski definition) is 2. The highest BCUT2D eigenvalue weighted by Gasteiger charge is 2.39. The molecule has 0 radical (unpaired) electrons. The summed E-state index contributed by atoms with van der Waals surface area (Å²) in [7, 11) is 2.14. The minimum absolute atomic E-state index is 0.220. The number of anilines is 2. The van der Waals surface area contributed by atoms with Crippen molar-refractivity contribution in [1.29, 1.82) is 0 Å². The lowest BCUT2D eigenvalue weighted by Gasteiger charge is -2.28. The Balaban J connectivity index is 2.62. The van der Waals surface area contributed by atoms with Gasteiger partial charge in [0.05, 0.1) is 0 Å². The Morgan fingerprint density at radius 1 is 1.36 bits per heavy atom. The maximum Gasteiger partial charge on any atom is 0.0425 e. The van der Waals surface area contributed by atoms with Crippen molar-refractivity contribution < 1.29 is 0 Å². The van der Waals surface area contributed by atoms with Gasteiger partial charge < -0.3 is 10.6 Å². The van der Waals surface area contributed by atoms with Crippen LogP contribution in [0, 0.1) is 0 Å². The number of hydrogen-bond donors (Lipinski definition) is 1. The Labute approximate surface area is 85.7 Å². The summed E-state index contributed by atoms with van der Waals surface area (Å²) in [6.45, 7) is 6.84. The van der Waals surface area contributed by atoms with Crippen molar-refractivity contribution in [2.75, 3.05) is 17.7 Å². The summed E-state index contributed by atoms with van der Waals surface area (Å²) in [5, 5.41) is 0. The van der Waals surface area contributed by atoms with E-state index in [1.54, 1.807) is 0 Å². The molecule has 0 fully saturated rings. The summed E-state index contributed by atoms with van der Waals surface area (Å²) in [6, 6.07) is 6.75. The van der Waals surface area contributed by atoms with Crippen molar-refractivity contribution >= 4 is 11.4 Å². The quantitative estimate of drug-likeness (QED) is 0.636. The molecule has 14 heavy (non-hydrogen) atoms. The fourth-order valence-corrected chi connectivity index (χ4v) is 2.30. The molecule has 2 rings (SSSR count). The van der Waals surface area contributed by atoms with Gasteiger partial charge in [-0.15, -0.1) is 0 Å². The van der Waals surface area contributed by atoms with Crippen molar-refractivity contribution in [3.05, 3.63) is 23.8 Å². The van der Waals surface area contributed by atoms with E-state index in [9.17, 15) is 0 Å². The zero-order valence-electron chi connectivity index (χ0n) is 9.33. The molecule has 1 aromatic rings. The number of nitrogens with zero attached hydrogens (tertiary/aromatic N) is 1. The molecule has 0 bridgehead atoms. The molecule has 0 saturated heterocycles. The van der Waals surface area contributed by atoms with Gasteiger partial charge >= 0.3 is 0 Å². The third kappa shape index (κ3) is 1.03. The molecule has 0 amide bonds. The Kier molecular flexibility index (Phi) is 1.78. The van der Waals surface area contributed by atoms with E-state index in [1.807, 2.05) is 6.07 Å². The molecule has 2 heteroatoms. The van der Waals surface area contributed by atoms with Crippen molar-refractivity contribution in [3.8, 4) is 0 Å². The second-order valence-corrected chi connectivity index (χ2v) is 4.79. The van der Waals surface area contributed by atoms with Crippen LogP contribution in [0.5, 0.6) is 0 Å². The zero-order valence-corrected chi connectivity index (χ0v) is 9.33. The molecule has 1 aliphatic heterocycles. The third-order valence-corrected chi connectivity index (χ3v) is 3.72. The number of fused-ring (bicyclic) bond motifs is 1. The lowest BCUT2D eigenvalue weighted by atomic mass is 9.81. The molecule has 1 unspecified atom stereocenters. The van der Waals surface area contributed by atoms with Crippen LogP contribution in [0.4, 0.5) is 11.4 Å². The predicted octanol–water partition coefficient (Wildman–Crippen LogP) is 2.38. The summed E-state index contributed by atoms with van der Waals surface area (Å²) >= 11 is 0. The average Bonchev–Trinajstić information content (AvgIpc) is 2.28. The highest BCUT2D eigenvalue weighted by atomic mass is 15.2. The minimum Gasteiger partial charge on any atom is -0.399 e. The molecular formula is C12H18N2. The minimum atomic E-state index is 0.220. The van der Waals surface area contributed by atoms with Crippen LogP contribution in [0.2, 0.25) is 0 Å². The first kappa shape index (κ1) is 9.38. The van der Waals surface area contributed by atoms with Crippen LogP contribution in [0.3, 0.4) is 0 Å². The number of benzene rings is 1. The number of nitrogens with two attached hydrogens (primary N) is 1. The lowest BCUT2D eigenvalue weighted by molar-refractivity contribution is 0.454. The highest BCUT2D eigenvalue weighted by molar-refractivity contribution is 5.68. The topological polar surface area (TPSA) is 29.3 Å². The second-order valence-electron chi connectivity index (χ2n) is 4.79. The van der Waals surface area contributed by atoms with E-state index in [0.29, 0.717) is 6.04 Å². The van der Waals surface area contributed by atoms with Gasteiger partial charge in [-0.25, -0.2) is 0 Å². The van der Waals surface area contributed by atoms with Gasteiger partial charge in [0.25, 0.3) is 0 Å². The third-order valence-electron chi connectivity index (χ3n) is 3.72. The van der Waals surface area contributed by atoms with E-state index in [2.05, 4.69) is 44.9 Å². The van der Waals surface area contributed by atoms with Crippen LogP contribution in [0.15, 0.2) is 18.2 Å². The largest absolute Gasteiger partial charge is 0.399 e. The van der Waals surface area contributed by atoms with Gasteiger partial charge in [-0.05, 0) is 24.6 Å². The highest BCUT2D eigenvalue weighted by Crippen LogP contribution is 2.44. The lowest BCUT2D eigenvalue weighted by Crippen LogP contribution is -2.36. The molecule has 2 N–H and O–H groups in total. The standard InChI is InChI=1S/C12H18N2/c1-8-12(2,3)10-6-5-9(13)7-11(10)14(8)4/h5-8H,13H2,1-4H3. The van der Waals surface area contributed by atoms with Crippen LogP contribution in [-0.4, -0.2) is 13.1 Å². The van der Waals surface area contributed by atoms with Gasteiger partial charge in [-0.2, -0.15) is 0 Å². The smallest absolute Gasteiger partial charge is 0.0425 e. The van der Waals surface area contributed by atoms with Gasteiger partial charge in [0.1, 0.15) is 0 Å². The van der Waals surface area contributed by atoms with Crippen molar-refractivity contribution in [2.24, 2.45) is 0 Å². The summed E-state index contributed by atoms with van der Waals surface area (Å²) in [6.07, 6.45) is 0. The van der Waals surface area contributed by atoms with Gasteiger partial charge in [0.15, 0.2) is 0 Å². The summed E-state index contributed by atoms with van der Waals surface area (Å²) in [4.78, 5) is 2.31. The zero-order chi connectivity index (χ0) is 10.5. The fourth-order valence-electron chi connectivity index (χ4n) is 2.30. The fraction of sp³-hybridized carbons (Fsp3) is 0.500. The van der Waals surface area contributed by atoms with E-state index >= 15 is 0 Å². The summed E-state index contributed by atoms with van der Waals surface area (Å²) in [5.41, 5.74) is 9.55. The van der Waals surface area contributed by atoms with Gasteiger partial charge in [-0.3, -0.25) is 0 Å². The van der Waals surface area contributed by atoms with Gasteiger partial charge in [-0.1, -0.05) is 19.9 Å². The van der Waals surface area contributed by atoms with Crippen LogP contribution in [0.25, 0.3) is 0 Å². The van der Waals surface area contributed by atoms with Crippen LogP contribution in [0.1, 0.15) is 26.3 Å². The summed E-state index contributed by atoms with van der Waals surface area (Å²) in [5.74, 6) is 0. The van der Waals surface area contributed by atoms with Gasteiger partial charge in [0.2, 0.25) is 0 Å². The first-order chi connectivity index (χ1) is 6.44. The predicted molar refractivity (Wildman–Crippen MR) is 61.7 cm³/mol. The molecule has 2 nitrogen and oxygen atoms in total. The van der Waals surface area contributed by atoms with Crippen molar-refractivity contribution in [3.63, 3.8) is 0 Å². The monoisotopic (exact) mass is 190 g/mol. The molecule has 0 spiro atoms. The molecule has 1 aliphatic rings. The van der Waals surface area contributed by atoms with Crippen LogP contribution >= 0.6 is 0 Å². The first-order valence-electron chi connectivity index (χ1n) is 5.07. The number of nitrogen functional groups attached to an aromatic ring is 1. The van der Waals surface area contributed by atoms with Crippen LogP contribution < -0.4 is 10.6 Å². The number of likely N-dealkylation sites (N-methyl/N-ethyl adjacent to an activating group) is 1. The Bertz CT molecular complexity index is 369.